The summed E-state index contributed by atoms with van der Waals surface area (Å²) < 4.78 is 0. The highest BCUT2D eigenvalue weighted by molar-refractivity contribution is 5.92. The lowest BCUT2D eigenvalue weighted by molar-refractivity contribution is 0.100. The van der Waals surface area contributed by atoms with Crippen LogP contribution in [0, 0.1) is 0 Å². The fourth-order valence-corrected chi connectivity index (χ4v) is 3.03. The summed E-state index contributed by atoms with van der Waals surface area (Å²) in [5, 5.41) is 0. The van der Waals surface area contributed by atoms with Crippen molar-refractivity contribution in [2.75, 3.05) is 0 Å². The highest BCUT2D eigenvalue weighted by Gasteiger charge is 2.12. The molecule has 2 heteroatoms. The minimum atomic E-state index is -0.339. The monoisotopic (exact) mass is 303 g/mol. The largest absolute Gasteiger partial charge is 0.366 e. The van der Waals surface area contributed by atoms with Gasteiger partial charge in [0.05, 0.1) is 0 Å². The summed E-state index contributed by atoms with van der Waals surface area (Å²) in [6.45, 7) is 4.51. The summed E-state index contributed by atoms with van der Waals surface area (Å²) in [6.07, 6.45) is 13.1. The quantitative estimate of drug-likeness (QED) is 0.486. The number of unbranched alkanes of at least 4 members (excludes halogenated alkanes) is 6. The van der Waals surface area contributed by atoms with E-state index in [1.165, 1.54) is 69.8 Å². The molecule has 0 bridgehead atoms. The molecule has 1 aromatic carbocycles. The number of hydrogen-bond acceptors (Lipinski definition) is 1. The second-order valence-electron chi connectivity index (χ2n) is 6.38. The number of rotatable bonds is 12. The van der Waals surface area contributed by atoms with Crippen LogP contribution in [-0.2, 0) is 0 Å². The van der Waals surface area contributed by atoms with E-state index in [-0.39, 0.29) is 5.91 Å². The van der Waals surface area contributed by atoms with E-state index in [9.17, 15) is 4.79 Å². The normalized spacial score (nSPS) is 11.0. The van der Waals surface area contributed by atoms with E-state index in [1.54, 1.807) is 0 Å². The van der Waals surface area contributed by atoms with Gasteiger partial charge in [-0.2, -0.15) is 0 Å². The standard InChI is InChI=1S/C20H33NO/c1-3-5-7-9-11-17(12-10-8-6-4-2)18-13-15-19(16-14-18)20(21)22/h13-17H,3-12H2,1-2H3,(H2,21,22). The molecule has 0 aromatic heterocycles. The zero-order valence-electron chi connectivity index (χ0n) is 14.4. The van der Waals surface area contributed by atoms with E-state index in [2.05, 4.69) is 26.0 Å². The van der Waals surface area contributed by atoms with Gasteiger partial charge in [0.15, 0.2) is 0 Å². The average Bonchev–Trinajstić information content (AvgIpc) is 2.53. The molecule has 0 heterocycles. The Morgan fingerprint density at radius 3 is 1.77 bits per heavy atom. The number of carbonyl (C=O) groups is 1. The van der Waals surface area contributed by atoms with Gasteiger partial charge in [0.25, 0.3) is 0 Å². The Morgan fingerprint density at radius 2 is 1.36 bits per heavy atom. The highest BCUT2D eigenvalue weighted by Crippen LogP contribution is 2.28. The second kappa shape index (κ2) is 11.3. The molecule has 0 atom stereocenters. The third kappa shape index (κ3) is 7.11. The molecule has 0 fully saturated rings. The zero-order valence-corrected chi connectivity index (χ0v) is 14.4. The van der Waals surface area contributed by atoms with Gasteiger partial charge in [-0.05, 0) is 36.5 Å². The van der Waals surface area contributed by atoms with Crippen LogP contribution in [0.2, 0.25) is 0 Å². The summed E-state index contributed by atoms with van der Waals surface area (Å²) >= 11 is 0. The third-order valence-corrected chi connectivity index (χ3v) is 4.48. The first-order valence-corrected chi connectivity index (χ1v) is 9.08. The maximum atomic E-state index is 11.2. The van der Waals surface area contributed by atoms with Crippen LogP contribution in [0.1, 0.15) is 99.9 Å². The van der Waals surface area contributed by atoms with Crippen LogP contribution >= 0.6 is 0 Å². The van der Waals surface area contributed by atoms with Crippen molar-refractivity contribution in [1.29, 1.82) is 0 Å². The minimum absolute atomic E-state index is 0.339. The second-order valence-corrected chi connectivity index (χ2v) is 6.38. The molecule has 0 aliphatic rings. The zero-order chi connectivity index (χ0) is 16.2. The molecule has 0 saturated carbocycles. The van der Waals surface area contributed by atoms with Crippen molar-refractivity contribution in [1.82, 2.24) is 0 Å². The van der Waals surface area contributed by atoms with Crippen molar-refractivity contribution in [2.24, 2.45) is 5.73 Å². The molecule has 0 aliphatic carbocycles. The highest BCUT2D eigenvalue weighted by atomic mass is 16.1. The first-order valence-electron chi connectivity index (χ1n) is 9.08. The molecule has 0 unspecified atom stereocenters. The van der Waals surface area contributed by atoms with Crippen molar-refractivity contribution >= 4 is 5.91 Å². The Bertz CT molecular complexity index is 398. The molecular weight excluding hydrogens is 270 g/mol. The number of nitrogens with two attached hydrogens (primary N) is 1. The lowest BCUT2D eigenvalue weighted by Gasteiger charge is -2.18. The molecule has 22 heavy (non-hydrogen) atoms. The van der Waals surface area contributed by atoms with Gasteiger partial charge >= 0.3 is 0 Å². The van der Waals surface area contributed by atoms with Crippen molar-refractivity contribution in [3.05, 3.63) is 35.4 Å². The van der Waals surface area contributed by atoms with Crippen LogP contribution in [0.5, 0.6) is 0 Å². The van der Waals surface area contributed by atoms with E-state index in [4.69, 9.17) is 5.73 Å². The number of hydrogen-bond donors (Lipinski definition) is 1. The Balaban J connectivity index is 2.59. The first-order chi connectivity index (χ1) is 10.7. The van der Waals surface area contributed by atoms with Crippen molar-refractivity contribution < 1.29 is 4.79 Å². The Hall–Kier alpha value is -1.31. The number of primary amides is 1. The predicted molar refractivity (Wildman–Crippen MR) is 95.2 cm³/mol. The molecule has 2 N–H and O–H groups in total. The fourth-order valence-electron chi connectivity index (χ4n) is 3.03. The van der Waals surface area contributed by atoms with Gasteiger partial charge in [0, 0.05) is 5.56 Å². The molecule has 0 spiro atoms. The Labute approximate surface area is 136 Å². The average molecular weight is 303 g/mol. The molecule has 0 saturated heterocycles. The molecule has 1 aromatic rings. The van der Waals surface area contributed by atoms with E-state index < -0.39 is 0 Å². The summed E-state index contributed by atoms with van der Waals surface area (Å²) in [7, 11) is 0. The first kappa shape index (κ1) is 18.7. The minimum Gasteiger partial charge on any atom is -0.366 e. The van der Waals surface area contributed by atoms with E-state index >= 15 is 0 Å². The van der Waals surface area contributed by atoms with Crippen LogP contribution in [0.4, 0.5) is 0 Å². The van der Waals surface area contributed by atoms with Crippen LogP contribution in [-0.4, -0.2) is 5.91 Å². The molecule has 2 nitrogen and oxygen atoms in total. The Kier molecular flexibility index (Phi) is 9.61. The van der Waals surface area contributed by atoms with Gasteiger partial charge < -0.3 is 5.73 Å². The van der Waals surface area contributed by atoms with Gasteiger partial charge in [-0.1, -0.05) is 77.3 Å². The topological polar surface area (TPSA) is 43.1 Å². The summed E-state index contributed by atoms with van der Waals surface area (Å²) in [4.78, 5) is 11.2. The van der Waals surface area contributed by atoms with Crippen LogP contribution in [0.3, 0.4) is 0 Å². The molecular formula is C20H33NO. The van der Waals surface area contributed by atoms with Crippen molar-refractivity contribution in [3.8, 4) is 0 Å². The number of carbonyl (C=O) groups excluding carboxylic acids is 1. The van der Waals surface area contributed by atoms with Crippen molar-refractivity contribution in [3.63, 3.8) is 0 Å². The fraction of sp³-hybridized carbons (Fsp3) is 0.650. The van der Waals surface area contributed by atoms with Crippen LogP contribution < -0.4 is 5.73 Å². The van der Waals surface area contributed by atoms with Crippen LogP contribution in [0.15, 0.2) is 24.3 Å². The smallest absolute Gasteiger partial charge is 0.248 e. The molecule has 0 radical (unpaired) electrons. The van der Waals surface area contributed by atoms with Gasteiger partial charge in [-0.3, -0.25) is 4.79 Å². The summed E-state index contributed by atoms with van der Waals surface area (Å²) in [5.41, 5.74) is 7.31. The number of benzene rings is 1. The molecule has 0 aliphatic heterocycles. The van der Waals surface area contributed by atoms with E-state index in [1.807, 2.05) is 12.1 Å². The maximum absolute atomic E-state index is 11.2. The predicted octanol–water partition coefficient (Wildman–Crippen LogP) is 5.81. The van der Waals surface area contributed by atoms with E-state index in [0.29, 0.717) is 11.5 Å². The SMILES string of the molecule is CCCCCCC(CCCCCC)c1ccc(C(N)=O)cc1. The lowest BCUT2D eigenvalue weighted by atomic mass is 9.88. The van der Waals surface area contributed by atoms with Gasteiger partial charge in [0.1, 0.15) is 0 Å². The third-order valence-electron chi connectivity index (χ3n) is 4.48. The number of amides is 1. The van der Waals surface area contributed by atoms with Gasteiger partial charge in [0.2, 0.25) is 5.91 Å². The van der Waals surface area contributed by atoms with Crippen LogP contribution in [0.25, 0.3) is 0 Å². The molecule has 124 valence electrons. The summed E-state index contributed by atoms with van der Waals surface area (Å²) in [5.74, 6) is 0.296. The lowest BCUT2D eigenvalue weighted by Crippen LogP contribution is -2.11. The Morgan fingerprint density at radius 1 is 0.864 bits per heavy atom. The van der Waals surface area contributed by atoms with E-state index in [0.717, 1.165) is 0 Å². The van der Waals surface area contributed by atoms with Crippen molar-refractivity contribution in [2.45, 2.75) is 84.0 Å². The van der Waals surface area contributed by atoms with Gasteiger partial charge in [-0.15, -0.1) is 0 Å². The molecule has 1 amide bonds. The summed E-state index contributed by atoms with van der Waals surface area (Å²) in [6, 6.07) is 7.96. The maximum Gasteiger partial charge on any atom is 0.248 e. The van der Waals surface area contributed by atoms with Gasteiger partial charge in [-0.25, -0.2) is 0 Å². The molecule has 1 rings (SSSR count).